The number of halogens is 1. The Balaban J connectivity index is 1.41. The zero-order valence-electron chi connectivity index (χ0n) is 16.8. The first-order valence-corrected chi connectivity index (χ1v) is 11.8. The van der Waals surface area contributed by atoms with Crippen LogP contribution in [0.1, 0.15) is 33.8 Å². The number of carbonyl (C=O) groups excluding carboxylic acids is 2. The number of ether oxygens (including phenoxy) is 1. The molecule has 0 bridgehead atoms. The van der Waals surface area contributed by atoms with E-state index in [9.17, 15) is 14.0 Å². The number of carbonyl (C=O) groups is 2. The van der Waals surface area contributed by atoms with Crippen molar-refractivity contribution in [2.45, 2.75) is 31.9 Å². The summed E-state index contributed by atoms with van der Waals surface area (Å²) >= 11 is 2.64. The SMILES string of the molecule is O=C(Nc1nc(CC(=O)N(Cc2cccc(F)c2)CC2CCCO2)cs1)c1cccs1. The van der Waals surface area contributed by atoms with E-state index in [0.717, 1.165) is 18.4 Å². The number of amides is 2. The average molecular weight is 460 g/mol. The minimum atomic E-state index is -0.326. The second-order valence-corrected chi connectivity index (χ2v) is 9.10. The average Bonchev–Trinajstić information content (AvgIpc) is 3.51. The summed E-state index contributed by atoms with van der Waals surface area (Å²) in [5.41, 5.74) is 1.32. The van der Waals surface area contributed by atoms with Gasteiger partial charge in [0.2, 0.25) is 5.91 Å². The summed E-state index contributed by atoms with van der Waals surface area (Å²) in [5, 5.41) is 6.83. The molecule has 0 saturated carbocycles. The van der Waals surface area contributed by atoms with Gasteiger partial charge in [0.05, 0.1) is 23.1 Å². The van der Waals surface area contributed by atoms with Crippen LogP contribution < -0.4 is 5.32 Å². The minimum absolute atomic E-state index is 0.00594. The monoisotopic (exact) mass is 459 g/mol. The summed E-state index contributed by atoms with van der Waals surface area (Å²) < 4.78 is 19.3. The molecule has 1 unspecified atom stereocenters. The third-order valence-electron chi connectivity index (χ3n) is 4.91. The number of nitrogens with one attached hydrogen (secondary N) is 1. The number of thiazole rings is 1. The minimum Gasteiger partial charge on any atom is -0.376 e. The van der Waals surface area contributed by atoms with Crippen LogP contribution in [0.3, 0.4) is 0 Å². The molecule has 1 aliphatic rings. The van der Waals surface area contributed by atoms with E-state index in [1.54, 1.807) is 28.5 Å². The lowest BCUT2D eigenvalue weighted by atomic mass is 10.1. The zero-order chi connectivity index (χ0) is 21.6. The number of anilines is 1. The number of thiophene rings is 1. The normalized spacial score (nSPS) is 15.7. The van der Waals surface area contributed by atoms with Gasteiger partial charge in [-0.1, -0.05) is 18.2 Å². The first-order chi connectivity index (χ1) is 15.1. The Morgan fingerprint density at radius 2 is 2.16 bits per heavy atom. The maximum atomic E-state index is 13.6. The Morgan fingerprint density at radius 3 is 2.90 bits per heavy atom. The lowest BCUT2D eigenvalue weighted by molar-refractivity contribution is -0.132. The summed E-state index contributed by atoms with van der Waals surface area (Å²) in [4.78, 5) is 31.9. The number of nitrogens with zero attached hydrogens (tertiary/aromatic N) is 2. The van der Waals surface area contributed by atoms with Crippen LogP contribution in [0.4, 0.5) is 9.52 Å². The van der Waals surface area contributed by atoms with Crippen LogP contribution in [-0.4, -0.2) is 41.0 Å². The Bertz CT molecular complexity index is 1030. The fourth-order valence-corrected chi connectivity index (χ4v) is 4.75. The third kappa shape index (κ3) is 5.96. The molecule has 1 atom stereocenters. The van der Waals surface area contributed by atoms with E-state index < -0.39 is 0 Å². The number of benzene rings is 1. The fraction of sp³-hybridized carbons (Fsp3) is 0.318. The molecule has 4 rings (SSSR count). The van der Waals surface area contributed by atoms with Crippen molar-refractivity contribution in [1.82, 2.24) is 9.88 Å². The van der Waals surface area contributed by atoms with E-state index in [0.29, 0.717) is 35.4 Å². The predicted octanol–water partition coefficient (Wildman–Crippen LogP) is 4.35. The highest BCUT2D eigenvalue weighted by Crippen LogP contribution is 2.20. The number of aromatic nitrogens is 1. The van der Waals surface area contributed by atoms with Crippen LogP contribution in [-0.2, 0) is 22.5 Å². The van der Waals surface area contributed by atoms with Crippen LogP contribution >= 0.6 is 22.7 Å². The second-order valence-electron chi connectivity index (χ2n) is 7.29. The highest BCUT2D eigenvalue weighted by atomic mass is 32.1. The Kier molecular flexibility index (Phi) is 7.06. The van der Waals surface area contributed by atoms with Gasteiger partial charge in [0.15, 0.2) is 5.13 Å². The molecule has 1 fully saturated rings. The van der Waals surface area contributed by atoms with Crippen molar-refractivity contribution in [2.24, 2.45) is 0 Å². The molecule has 2 aromatic heterocycles. The van der Waals surface area contributed by atoms with Gasteiger partial charge in [-0.15, -0.1) is 22.7 Å². The molecule has 6 nitrogen and oxygen atoms in total. The van der Waals surface area contributed by atoms with Gasteiger partial charge in [-0.25, -0.2) is 9.37 Å². The zero-order valence-corrected chi connectivity index (χ0v) is 18.4. The van der Waals surface area contributed by atoms with Crippen molar-refractivity contribution >= 4 is 39.6 Å². The Labute approximate surface area is 187 Å². The third-order valence-corrected chi connectivity index (χ3v) is 6.59. The van der Waals surface area contributed by atoms with Gasteiger partial charge in [-0.05, 0) is 42.0 Å². The van der Waals surface area contributed by atoms with Gasteiger partial charge in [0.1, 0.15) is 5.82 Å². The molecular weight excluding hydrogens is 437 g/mol. The quantitative estimate of drug-likeness (QED) is 0.544. The molecule has 1 N–H and O–H groups in total. The summed E-state index contributed by atoms with van der Waals surface area (Å²) in [5.74, 6) is -0.651. The van der Waals surface area contributed by atoms with Crippen molar-refractivity contribution in [2.75, 3.05) is 18.5 Å². The second kappa shape index (κ2) is 10.1. The molecule has 1 aromatic carbocycles. The molecule has 0 aliphatic carbocycles. The molecule has 3 heterocycles. The van der Waals surface area contributed by atoms with Gasteiger partial charge in [0, 0.05) is 25.1 Å². The van der Waals surface area contributed by atoms with Crippen molar-refractivity contribution < 1.29 is 18.7 Å². The topological polar surface area (TPSA) is 71.5 Å². The first-order valence-electron chi connectivity index (χ1n) is 10.00. The van der Waals surface area contributed by atoms with E-state index >= 15 is 0 Å². The Morgan fingerprint density at radius 1 is 1.26 bits per heavy atom. The van der Waals surface area contributed by atoms with Gasteiger partial charge in [-0.3, -0.25) is 14.9 Å². The highest BCUT2D eigenvalue weighted by Gasteiger charge is 2.24. The van der Waals surface area contributed by atoms with Crippen molar-refractivity contribution in [3.05, 3.63) is 69.1 Å². The van der Waals surface area contributed by atoms with Gasteiger partial charge >= 0.3 is 0 Å². The Hall–Kier alpha value is -2.62. The fourth-order valence-electron chi connectivity index (χ4n) is 3.42. The molecule has 2 amide bonds. The van der Waals surface area contributed by atoms with Crippen molar-refractivity contribution in [3.8, 4) is 0 Å². The van der Waals surface area contributed by atoms with Crippen LogP contribution in [0.25, 0.3) is 0 Å². The molecule has 0 radical (unpaired) electrons. The summed E-state index contributed by atoms with van der Waals surface area (Å²) in [6, 6.07) is 9.83. The van der Waals surface area contributed by atoms with Crippen molar-refractivity contribution in [1.29, 1.82) is 0 Å². The first kappa shape index (κ1) is 21.6. The molecule has 3 aromatic rings. The van der Waals surface area contributed by atoms with Gasteiger partial charge < -0.3 is 9.64 Å². The van der Waals surface area contributed by atoms with E-state index in [-0.39, 0.29) is 30.2 Å². The standard InChI is InChI=1S/C22H22FN3O3S2/c23-16-5-1-4-15(10-16)12-26(13-18-6-2-8-29-18)20(27)11-17-14-31-22(24-17)25-21(28)19-7-3-9-30-19/h1,3-5,7,9-10,14,18H,2,6,8,11-13H2,(H,24,25,28). The molecule has 1 saturated heterocycles. The maximum absolute atomic E-state index is 13.6. The van der Waals surface area contributed by atoms with E-state index in [2.05, 4.69) is 10.3 Å². The molecule has 1 aliphatic heterocycles. The summed E-state index contributed by atoms with van der Waals surface area (Å²) in [6.07, 6.45) is 1.98. The number of hydrogen-bond acceptors (Lipinski definition) is 6. The lowest BCUT2D eigenvalue weighted by Gasteiger charge is -2.25. The van der Waals surface area contributed by atoms with Crippen molar-refractivity contribution in [3.63, 3.8) is 0 Å². The van der Waals surface area contributed by atoms with Gasteiger partial charge in [0.25, 0.3) is 5.91 Å². The predicted molar refractivity (Wildman–Crippen MR) is 119 cm³/mol. The maximum Gasteiger partial charge on any atom is 0.267 e. The summed E-state index contributed by atoms with van der Waals surface area (Å²) in [6.45, 7) is 1.47. The summed E-state index contributed by atoms with van der Waals surface area (Å²) in [7, 11) is 0. The number of rotatable bonds is 8. The van der Waals surface area contributed by atoms with Crippen LogP contribution in [0.5, 0.6) is 0 Å². The van der Waals surface area contributed by atoms with Crippen LogP contribution in [0.15, 0.2) is 47.2 Å². The number of hydrogen-bond donors (Lipinski definition) is 1. The molecule has 31 heavy (non-hydrogen) atoms. The van der Waals surface area contributed by atoms with Crippen LogP contribution in [0, 0.1) is 5.82 Å². The molecule has 162 valence electrons. The molecular formula is C22H22FN3O3S2. The lowest BCUT2D eigenvalue weighted by Crippen LogP contribution is -2.38. The van der Waals surface area contributed by atoms with E-state index in [1.807, 2.05) is 11.4 Å². The smallest absolute Gasteiger partial charge is 0.267 e. The van der Waals surface area contributed by atoms with E-state index in [1.165, 1.54) is 34.8 Å². The van der Waals surface area contributed by atoms with E-state index in [4.69, 9.17) is 4.74 Å². The van der Waals surface area contributed by atoms with Gasteiger partial charge in [-0.2, -0.15) is 0 Å². The molecule has 9 heteroatoms. The largest absolute Gasteiger partial charge is 0.376 e. The van der Waals surface area contributed by atoms with Crippen LogP contribution in [0.2, 0.25) is 0 Å². The highest BCUT2D eigenvalue weighted by molar-refractivity contribution is 7.14. The molecule has 0 spiro atoms.